The fourth-order valence-corrected chi connectivity index (χ4v) is 1.41. The highest BCUT2D eigenvalue weighted by Crippen LogP contribution is 1.98. The van der Waals surface area contributed by atoms with Gasteiger partial charge in [0.05, 0.1) is 0 Å². The number of aliphatic carboxylic acids is 1. The molecule has 0 saturated carbocycles. The first-order valence-corrected chi connectivity index (χ1v) is 5.20. The molecule has 0 aromatic carbocycles. The van der Waals surface area contributed by atoms with Gasteiger partial charge in [-0.1, -0.05) is 0 Å². The number of carbonyl (C=O) groups excluding carboxylic acids is 1. The zero-order valence-corrected chi connectivity index (χ0v) is 9.35. The molecule has 92 valence electrons. The standard InChI is InChI=1S/C9H18N4O3/c1-12-2-4-13(5-3-12)9(16)11-6-7(10)8(14)15/h7H,2-6,10H2,1H3,(H,11,16)(H,14,15). The summed E-state index contributed by atoms with van der Waals surface area (Å²) >= 11 is 0. The predicted octanol–water partition coefficient (Wildman–Crippen LogP) is -1.64. The molecule has 1 unspecified atom stereocenters. The van der Waals surface area contributed by atoms with E-state index in [0.717, 1.165) is 13.1 Å². The van der Waals surface area contributed by atoms with E-state index in [0.29, 0.717) is 13.1 Å². The molecule has 16 heavy (non-hydrogen) atoms. The Kier molecular flexibility index (Phi) is 4.51. The molecule has 0 radical (unpaired) electrons. The number of nitrogens with one attached hydrogen (secondary N) is 1. The molecule has 7 nitrogen and oxygen atoms in total. The van der Waals surface area contributed by atoms with Gasteiger partial charge in [0.15, 0.2) is 0 Å². The number of carbonyl (C=O) groups is 2. The molecular weight excluding hydrogens is 212 g/mol. The number of piperazine rings is 1. The van der Waals surface area contributed by atoms with Gasteiger partial charge in [0, 0.05) is 32.7 Å². The van der Waals surface area contributed by atoms with E-state index in [-0.39, 0.29) is 12.6 Å². The van der Waals surface area contributed by atoms with Crippen LogP contribution in [0.2, 0.25) is 0 Å². The molecule has 0 aliphatic carbocycles. The SMILES string of the molecule is CN1CCN(C(=O)NCC(N)C(=O)O)CC1. The zero-order valence-electron chi connectivity index (χ0n) is 9.35. The Morgan fingerprint density at radius 3 is 2.44 bits per heavy atom. The summed E-state index contributed by atoms with van der Waals surface area (Å²) in [5, 5.41) is 11.1. The normalized spacial score (nSPS) is 19.2. The number of hydrogen-bond acceptors (Lipinski definition) is 4. The summed E-state index contributed by atoms with van der Waals surface area (Å²) < 4.78 is 0. The first kappa shape index (κ1) is 12.7. The lowest BCUT2D eigenvalue weighted by Gasteiger charge is -2.32. The van der Waals surface area contributed by atoms with E-state index >= 15 is 0 Å². The van der Waals surface area contributed by atoms with Gasteiger partial charge in [-0.15, -0.1) is 0 Å². The maximum absolute atomic E-state index is 11.6. The van der Waals surface area contributed by atoms with E-state index in [4.69, 9.17) is 10.8 Å². The Labute approximate surface area is 94.2 Å². The van der Waals surface area contributed by atoms with Crippen LogP contribution >= 0.6 is 0 Å². The van der Waals surface area contributed by atoms with Crippen LogP contribution in [-0.2, 0) is 4.79 Å². The fourth-order valence-electron chi connectivity index (χ4n) is 1.41. The lowest BCUT2D eigenvalue weighted by Crippen LogP contribution is -2.53. The Hall–Kier alpha value is -1.34. The maximum Gasteiger partial charge on any atom is 0.322 e. The van der Waals surface area contributed by atoms with Gasteiger partial charge in [0.1, 0.15) is 6.04 Å². The van der Waals surface area contributed by atoms with Gasteiger partial charge in [0.25, 0.3) is 0 Å². The molecule has 1 aliphatic rings. The van der Waals surface area contributed by atoms with Crippen LogP contribution in [0.3, 0.4) is 0 Å². The van der Waals surface area contributed by atoms with E-state index in [1.807, 2.05) is 7.05 Å². The molecule has 7 heteroatoms. The van der Waals surface area contributed by atoms with Crippen LogP contribution in [0.1, 0.15) is 0 Å². The third-order valence-corrected chi connectivity index (χ3v) is 2.58. The van der Waals surface area contributed by atoms with Crippen LogP contribution in [0.5, 0.6) is 0 Å². The van der Waals surface area contributed by atoms with Crippen LogP contribution in [0.15, 0.2) is 0 Å². The van der Waals surface area contributed by atoms with Crippen molar-refractivity contribution in [2.75, 3.05) is 39.8 Å². The first-order valence-electron chi connectivity index (χ1n) is 5.20. The second-order valence-corrected chi connectivity index (χ2v) is 3.92. The van der Waals surface area contributed by atoms with Crippen LogP contribution in [-0.4, -0.2) is 72.7 Å². The van der Waals surface area contributed by atoms with Crippen molar-refractivity contribution >= 4 is 12.0 Å². The number of urea groups is 1. The number of hydrogen-bond donors (Lipinski definition) is 3. The van der Waals surface area contributed by atoms with E-state index in [2.05, 4.69) is 10.2 Å². The summed E-state index contributed by atoms with van der Waals surface area (Å²) in [6.45, 7) is 2.94. The highest BCUT2D eigenvalue weighted by Gasteiger charge is 2.20. The van der Waals surface area contributed by atoms with E-state index in [9.17, 15) is 9.59 Å². The Morgan fingerprint density at radius 2 is 1.94 bits per heavy atom. The highest BCUT2D eigenvalue weighted by molar-refractivity contribution is 5.77. The van der Waals surface area contributed by atoms with Gasteiger partial charge < -0.3 is 26.0 Å². The summed E-state index contributed by atoms with van der Waals surface area (Å²) in [6.07, 6.45) is 0. The highest BCUT2D eigenvalue weighted by atomic mass is 16.4. The molecule has 1 aliphatic heterocycles. The van der Waals surface area contributed by atoms with E-state index in [1.54, 1.807) is 4.90 Å². The molecule has 0 bridgehead atoms. The van der Waals surface area contributed by atoms with Crippen molar-refractivity contribution in [2.45, 2.75) is 6.04 Å². The largest absolute Gasteiger partial charge is 0.480 e. The van der Waals surface area contributed by atoms with Gasteiger partial charge in [-0.3, -0.25) is 4.79 Å². The molecule has 2 amide bonds. The van der Waals surface area contributed by atoms with E-state index < -0.39 is 12.0 Å². The van der Waals surface area contributed by atoms with Gasteiger partial charge in [-0.05, 0) is 7.05 Å². The van der Waals surface area contributed by atoms with Crippen molar-refractivity contribution in [3.8, 4) is 0 Å². The monoisotopic (exact) mass is 230 g/mol. The molecule has 1 heterocycles. The fraction of sp³-hybridized carbons (Fsp3) is 0.778. The molecule has 0 aromatic heterocycles. The Bertz CT molecular complexity index is 263. The predicted molar refractivity (Wildman–Crippen MR) is 58.1 cm³/mol. The van der Waals surface area contributed by atoms with Gasteiger partial charge in [-0.25, -0.2) is 4.79 Å². The minimum Gasteiger partial charge on any atom is -0.480 e. The molecule has 1 saturated heterocycles. The topological polar surface area (TPSA) is 98.9 Å². The third-order valence-electron chi connectivity index (χ3n) is 2.58. The Balaban J connectivity index is 2.27. The summed E-state index contributed by atoms with van der Waals surface area (Å²) in [5.41, 5.74) is 5.28. The number of nitrogens with two attached hydrogens (primary N) is 1. The molecular formula is C9H18N4O3. The first-order chi connectivity index (χ1) is 7.50. The average Bonchev–Trinajstić information content (AvgIpc) is 2.26. The summed E-state index contributed by atoms with van der Waals surface area (Å²) in [5.74, 6) is -1.11. The van der Waals surface area contributed by atoms with Crippen molar-refractivity contribution in [1.82, 2.24) is 15.1 Å². The molecule has 0 spiro atoms. The third kappa shape index (κ3) is 3.67. The smallest absolute Gasteiger partial charge is 0.322 e. The number of amides is 2. The minimum absolute atomic E-state index is 0.0412. The minimum atomic E-state index is -1.11. The maximum atomic E-state index is 11.6. The molecule has 1 atom stereocenters. The summed E-state index contributed by atoms with van der Waals surface area (Å²) in [6, 6.07) is -1.29. The van der Waals surface area contributed by atoms with Crippen molar-refractivity contribution in [1.29, 1.82) is 0 Å². The van der Waals surface area contributed by atoms with Gasteiger partial charge in [-0.2, -0.15) is 0 Å². The van der Waals surface area contributed by atoms with Crippen LogP contribution in [0, 0.1) is 0 Å². The van der Waals surface area contributed by atoms with Crippen LogP contribution < -0.4 is 11.1 Å². The molecule has 0 aromatic rings. The lowest BCUT2D eigenvalue weighted by atomic mass is 10.3. The number of rotatable bonds is 3. The lowest BCUT2D eigenvalue weighted by molar-refractivity contribution is -0.138. The van der Waals surface area contributed by atoms with Crippen LogP contribution in [0.25, 0.3) is 0 Å². The summed E-state index contributed by atoms with van der Waals surface area (Å²) in [7, 11) is 2.00. The van der Waals surface area contributed by atoms with Crippen molar-refractivity contribution in [3.05, 3.63) is 0 Å². The number of nitrogens with zero attached hydrogens (tertiary/aromatic N) is 2. The second-order valence-electron chi connectivity index (χ2n) is 3.92. The van der Waals surface area contributed by atoms with E-state index in [1.165, 1.54) is 0 Å². The second kappa shape index (κ2) is 5.66. The Morgan fingerprint density at radius 1 is 1.38 bits per heavy atom. The van der Waals surface area contributed by atoms with Gasteiger partial charge >= 0.3 is 12.0 Å². The van der Waals surface area contributed by atoms with Crippen molar-refractivity contribution in [2.24, 2.45) is 5.73 Å². The zero-order chi connectivity index (χ0) is 12.1. The molecule has 1 rings (SSSR count). The number of likely N-dealkylation sites (N-methyl/N-ethyl adjacent to an activating group) is 1. The van der Waals surface area contributed by atoms with Gasteiger partial charge in [0.2, 0.25) is 0 Å². The van der Waals surface area contributed by atoms with Crippen LogP contribution in [0.4, 0.5) is 4.79 Å². The van der Waals surface area contributed by atoms with Crippen molar-refractivity contribution in [3.63, 3.8) is 0 Å². The number of carboxylic acids is 1. The number of carboxylic acid groups (broad SMARTS) is 1. The molecule has 1 fully saturated rings. The average molecular weight is 230 g/mol. The summed E-state index contributed by atoms with van der Waals surface area (Å²) in [4.78, 5) is 25.8. The van der Waals surface area contributed by atoms with Crippen molar-refractivity contribution < 1.29 is 14.7 Å². The quantitative estimate of drug-likeness (QED) is 0.540. The molecule has 4 N–H and O–H groups in total.